The van der Waals surface area contributed by atoms with Crippen molar-refractivity contribution < 1.29 is 9.59 Å². The van der Waals surface area contributed by atoms with Crippen molar-refractivity contribution in [3.05, 3.63) is 12.2 Å². The molecule has 3 nitrogen and oxygen atoms in total. The van der Waals surface area contributed by atoms with E-state index in [2.05, 4.69) is 12.2 Å². The highest BCUT2D eigenvalue weighted by atomic mass is 16.2. The van der Waals surface area contributed by atoms with Crippen molar-refractivity contribution in [3.8, 4) is 0 Å². The van der Waals surface area contributed by atoms with Gasteiger partial charge in [0.15, 0.2) is 0 Å². The number of piperidine rings is 1. The van der Waals surface area contributed by atoms with Gasteiger partial charge in [-0.25, -0.2) is 0 Å². The fourth-order valence-corrected chi connectivity index (χ4v) is 2.08. The van der Waals surface area contributed by atoms with Crippen molar-refractivity contribution >= 4 is 11.8 Å². The molecular weight excluding hydrogens is 178 g/mol. The van der Waals surface area contributed by atoms with Gasteiger partial charge in [0.1, 0.15) is 0 Å². The molecule has 1 aliphatic carbocycles. The topological polar surface area (TPSA) is 37.4 Å². The fourth-order valence-electron chi connectivity index (χ4n) is 2.08. The van der Waals surface area contributed by atoms with Gasteiger partial charge in [-0.3, -0.25) is 14.5 Å². The minimum Gasteiger partial charge on any atom is -0.282 e. The Kier molecular flexibility index (Phi) is 2.66. The van der Waals surface area contributed by atoms with Crippen LogP contribution >= 0.6 is 0 Å². The molecule has 0 bridgehead atoms. The number of carbonyl (C=O) groups is 2. The van der Waals surface area contributed by atoms with Gasteiger partial charge in [0.05, 0.1) is 0 Å². The van der Waals surface area contributed by atoms with E-state index in [1.54, 1.807) is 0 Å². The van der Waals surface area contributed by atoms with E-state index in [0.717, 1.165) is 19.3 Å². The third-order valence-electron chi connectivity index (χ3n) is 2.93. The molecule has 0 radical (unpaired) electrons. The number of rotatable bonds is 2. The summed E-state index contributed by atoms with van der Waals surface area (Å²) in [6, 6.07) is 0. The van der Waals surface area contributed by atoms with Crippen LogP contribution < -0.4 is 0 Å². The average molecular weight is 193 g/mol. The Balaban J connectivity index is 1.93. The smallest absolute Gasteiger partial charge is 0.229 e. The standard InChI is InChI=1S/C11H15NO2/c13-10-6-3-7-11(14)12(10)8-9-4-1-2-5-9/h1-2,9H,3-8H2. The Morgan fingerprint density at radius 2 is 1.71 bits per heavy atom. The van der Waals surface area contributed by atoms with Crippen LogP contribution in [0, 0.1) is 5.92 Å². The second kappa shape index (κ2) is 3.95. The third kappa shape index (κ3) is 1.86. The highest BCUT2D eigenvalue weighted by Gasteiger charge is 2.28. The normalized spacial score (nSPS) is 23.6. The van der Waals surface area contributed by atoms with Crippen molar-refractivity contribution in [2.24, 2.45) is 5.92 Å². The molecule has 0 unspecified atom stereocenters. The van der Waals surface area contributed by atoms with Gasteiger partial charge in [-0.1, -0.05) is 12.2 Å². The van der Waals surface area contributed by atoms with Crippen LogP contribution in [0.5, 0.6) is 0 Å². The Hall–Kier alpha value is -1.12. The molecule has 0 N–H and O–H groups in total. The molecule has 0 aromatic carbocycles. The summed E-state index contributed by atoms with van der Waals surface area (Å²) in [5.74, 6) is 0.516. The maximum atomic E-state index is 11.5. The van der Waals surface area contributed by atoms with Gasteiger partial charge in [0, 0.05) is 19.4 Å². The van der Waals surface area contributed by atoms with E-state index in [1.165, 1.54) is 4.90 Å². The monoisotopic (exact) mass is 193 g/mol. The quantitative estimate of drug-likeness (QED) is 0.492. The van der Waals surface area contributed by atoms with E-state index in [-0.39, 0.29) is 11.8 Å². The molecule has 0 saturated carbocycles. The van der Waals surface area contributed by atoms with Crippen molar-refractivity contribution in [1.82, 2.24) is 4.90 Å². The van der Waals surface area contributed by atoms with Gasteiger partial charge in [-0.15, -0.1) is 0 Å². The molecule has 2 amide bonds. The van der Waals surface area contributed by atoms with Crippen LogP contribution in [0.3, 0.4) is 0 Å². The van der Waals surface area contributed by atoms with Crippen LogP contribution in [0.15, 0.2) is 12.2 Å². The molecular formula is C11H15NO2. The van der Waals surface area contributed by atoms with Crippen LogP contribution in [-0.2, 0) is 9.59 Å². The highest BCUT2D eigenvalue weighted by Crippen LogP contribution is 2.21. The van der Waals surface area contributed by atoms with Gasteiger partial charge < -0.3 is 0 Å². The lowest BCUT2D eigenvalue weighted by atomic mass is 10.0. The number of hydrogen-bond acceptors (Lipinski definition) is 2. The molecule has 0 atom stereocenters. The van der Waals surface area contributed by atoms with Crippen LogP contribution in [0.1, 0.15) is 32.1 Å². The summed E-state index contributed by atoms with van der Waals surface area (Å²) in [4.78, 5) is 24.4. The van der Waals surface area contributed by atoms with Gasteiger partial charge in [-0.05, 0) is 25.2 Å². The van der Waals surface area contributed by atoms with Crippen molar-refractivity contribution in [3.63, 3.8) is 0 Å². The molecule has 2 rings (SSSR count). The molecule has 0 aromatic heterocycles. The predicted molar refractivity (Wildman–Crippen MR) is 52.4 cm³/mol. The first-order valence-corrected chi connectivity index (χ1v) is 5.25. The first-order chi connectivity index (χ1) is 6.77. The Labute approximate surface area is 83.8 Å². The zero-order valence-corrected chi connectivity index (χ0v) is 8.24. The molecule has 3 heteroatoms. The predicted octanol–water partition coefficient (Wildman–Crippen LogP) is 1.49. The largest absolute Gasteiger partial charge is 0.282 e. The van der Waals surface area contributed by atoms with Crippen LogP contribution in [0.25, 0.3) is 0 Å². The molecule has 1 heterocycles. The van der Waals surface area contributed by atoms with Gasteiger partial charge in [0.2, 0.25) is 11.8 Å². The molecule has 76 valence electrons. The number of nitrogens with zero attached hydrogens (tertiary/aromatic N) is 1. The van der Waals surface area contributed by atoms with E-state index >= 15 is 0 Å². The molecule has 1 saturated heterocycles. The SMILES string of the molecule is O=C1CCCC(=O)N1CC1CC=CC1. The summed E-state index contributed by atoms with van der Waals surface area (Å²) in [6.07, 6.45) is 8.11. The zero-order valence-electron chi connectivity index (χ0n) is 8.24. The van der Waals surface area contributed by atoms with E-state index < -0.39 is 0 Å². The molecule has 14 heavy (non-hydrogen) atoms. The summed E-state index contributed by atoms with van der Waals surface area (Å²) in [6.45, 7) is 0.630. The zero-order chi connectivity index (χ0) is 9.97. The fraction of sp³-hybridized carbons (Fsp3) is 0.636. The van der Waals surface area contributed by atoms with E-state index in [9.17, 15) is 9.59 Å². The van der Waals surface area contributed by atoms with Gasteiger partial charge >= 0.3 is 0 Å². The average Bonchev–Trinajstić information content (AvgIpc) is 2.64. The second-order valence-electron chi connectivity index (χ2n) is 4.06. The summed E-state index contributed by atoms with van der Waals surface area (Å²) < 4.78 is 0. The third-order valence-corrected chi connectivity index (χ3v) is 2.93. The molecule has 2 aliphatic rings. The van der Waals surface area contributed by atoms with E-state index in [0.29, 0.717) is 25.3 Å². The number of carbonyl (C=O) groups excluding carboxylic acids is 2. The van der Waals surface area contributed by atoms with Crippen LogP contribution in [0.2, 0.25) is 0 Å². The summed E-state index contributed by atoms with van der Waals surface area (Å²) in [7, 11) is 0. The first kappa shape index (κ1) is 9.44. The summed E-state index contributed by atoms with van der Waals surface area (Å²) in [5, 5.41) is 0. The molecule has 1 fully saturated rings. The van der Waals surface area contributed by atoms with Crippen molar-refractivity contribution in [2.75, 3.05) is 6.54 Å². The Bertz CT molecular complexity index is 259. The second-order valence-corrected chi connectivity index (χ2v) is 4.06. The Morgan fingerprint density at radius 1 is 1.14 bits per heavy atom. The lowest BCUT2D eigenvalue weighted by Crippen LogP contribution is -2.42. The lowest BCUT2D eigenvalue weighted by Gasteiger charge is -2.27. The van der Waals surface area contributed by atoms with E-state index in [4.69, 9.17) is 0 Å². The molecule has 1 aliphatic heterocycles. The summed E-state index contributed by atoms with van der Waals surface area (Å²) in [5.41, 5.74) is 0. The van der Waals surface area contributed by atoms with Crippen molar-refractivity contribution in [1.29, 1.82) is 0 Å². The van der Waals surface area contributed by atoms with Crippen LogP contribution in [0.4, 0.5) is 0 Å². The van der Waals surface area contributed by atoms with Crippen molar-refractivity contribution in [2.45, 2.75) is 32.1 Å². The number of imide groups is 1. The maximum Gasteiger partial charge on any atom is 0.229 e. The number of hydrogen-bond donors (Lipinski definition) is 0. The Morgan fingerprint density at radius 3 is 2.29 bits per heavy atom. The van der Waals surface area contributed by atoms with Gasteiger partial charge in [0.25, 0.3) is 0 Å². The first-order valence-electron chi connectivity index (χ1n) is 5.25. The number of amides is 2. The molecule has 0 spiro atoms. The summed E-state index contributed by atoms with van der Waals surface area (Å²) >= 11 is 0. The molecule has 0 aromatic rings. The minimum absolute atomic E-state index is 0.0214. The van der Waals surface area contributed by atoms with Crippen LogP contribution in [-0.4, -0.2) is 23.3 Å². The van der Waals surface area contributed by atoms with E-state index in [1.807, 2.05) is 0 Å². The number of likely N-dealkylation sites (tertiary alicyclic amines) is 1. The minimum atomic E-state index is 0.0214. The maximum absolute atomic E-state index is 11.5. The lowest BCUT2D eigenvalue weighted by molar-refractivity contribution is -0.148. The highest BCUT2D eigenvalue weighted by molar-refractivity contribution is 5.97. The number of allylic oxidation sites excluding steroid dienone is 2. The van der Waals surface area contributed by atoms with Gasteiger partial charge in [-0.2, -0.15) is 0 Å².